The lowest BCUT2D eigenvalue weighted by molar-refractivity contribution is -0.123. The van der Waals surface area contributed by atoms with Crippen molar-refractivity contribution in [1.82, 2.24) is 15.3 Å². The number of carbonyl (C=O) groups is 1. The van der Waals surface area contributed by atoms with Gasteiger partial charge in [-0.2, -0.15) is 0 Å². The van der Waals surface area contributed by atoms with Crippen LogP contribution in [0.15, 0.2) is 54.7 Å². The summed E-state index contributed by atoms with van der Waals surface area (Å²) in [7, 11) is 0. The van der Waals surface area contributed by atoms with E-state index in [4.69, 9.17) is 16.3 Å². The Bertz CT molecular complexity index is 909. The summed E-state index contributed by atoms with van der Waals surface area (Å²) in [6.07, 6.45) is 2.50. The number of nitrogens with one attached hydrogen (secondary N) is 2. The molecular weight excluding hydrogens is 362 g/mol. The number of aromatic amines is 1. The van der Waals surface area contributed by atoms with Gasteiger partial charge in [0.2, 0.25) is 0 Å². The average molecular weight is 384 g/mol. The van der Waals surface area contributed by atoms with E-state index in [0.717, 1.165) is 22.6 Å². The lowest BCUT2D eigenvalue weighted by Crippen LogP contribution is -2.33. The molecule has 0 saturated carbocycles. The molecule has 6 heteroatoms. The number of halogens is 1. The first-order chi connectivity index (χ1) is 13.1. The fourth-order valence-corrected chi connectivity index (χ4v) is 3.02. The second kappa shape index (κ2) is 8.73. The number of rotatable bonds is 7. The SMILES string of the molecule is CCC(NC(=O)COc1ccc(Cl)cc1C)c1ncc(-c2ccccc2)[nH]1. The summed E-state index contributed by atoms with van der Waals surface area (Å²) >= 11 is 5.94. The molecule has 0 saturated heterocycles. The lowest BCUT2D eigenvalue weighted by Gasteiger charge is -2.15. The molecule has 0 radical (unpaired) electrons. The van der Waals surface area contributed by atoms with Crippen LogP contribution in [0.2, 0.25) is 5.02 Å². The number of benzene rings is 2. The number of carbonyl (C=O) groups excluding carboxylic acids is 1. The first-order valence-electron chi connectivity index (χ1n) is 8.85. The van der Waals surface area contributed by atoms with E-state index >= 15 is 0 Å². The monoisotopic (exact) mass is 383 g/mol. The topological polar surface area (TPSA) is 67.0 Å². The number of ether oxygens (including phenoxy) is 1. The number of aromatic nitrogens is 2. The molecule has 0 fully saturated rings. The largest absolute Gasteiger partial charge is 0.484 e. The summed E-state index contributed by atoms with van der Waals surface area (Å²) in [5.41, 5.74) is 2.87. The second-order valence-corrected chi connectivity index (χ2v) is 6.71. The highest BCUT2D eigenvalue weighted by atomic mass is 35.5. The van der Waals surface area contributed by atoms with Crippen molar-refractivity contribution in [2.24, 2.45) is 0 Å². The molecule has 5 nitrogen and oxygen atoms in total. The number of nitrogens with zero attached hydrogens (tertiary/aromatic N) is 1. The van der Waals surface area contributed by atoms with Crippen LogP contribution in [-0.4, -0.2) is 22.5 Å². The third kappa shape index (κ3) is 4.89. The smallest absolute Gasteiger partial charge is 0.258 e. The molecule has 2 aromatic carbocycles. The molecule has 2 N–H and O–H groups in total. The molecule has 1 unspecified atom stereocenters. The van der Waals surface area contributed by atoms with E-state index in [0.29, 0.717) is 17.2 Å². The number of aryl methyl sites for hydroxylation is 1. The van der Waals surface area contributed by atoms with Gasteiger partial charge in [0, 0.05) is 5.02 Å². The molecule has 0 aliphatic rings. The highest BCUT2D eigenvalue weighted by molar-refractivity contribution is 6.30. The summed E-state index contributed by atoms with van der Waals surface area (Å²) in [4.78, 5) is 20.0. The van der Waals surface area contributed by atoms with E-state index < -0.39 is 0 Å². The normalized spacial score (nSPS) is 11.8. The van der Waals surface area contributed by atoms with Gasteiger partial charge < -0.3 is 15.0 Å². The molecule has 3 rings (SSSR count). The third-order valence-corrected chi connectivity index (χ3v) is 4.48. The molecule has 0 aliphatic carbocycles. The highest BCUT2D eigenvalue weighted by Crippen LogP contribution is 2.22. The Hall–Kier alpha value is -2.79. The van der Waals surface area contributed by atoms with Crippen molar-refractivity contribution in [3.8, 4) is 17.0 Å². The van der Waals surface area contributed by atoms with Crippen LogP contribution in [0.5, 0.6) is 5.75 Å². The second-order valence-electron chi connectivity index (χ2n) is 6.27. The van der Waals surface area contributed by atoms with Gasteiger partial charge in [-0.25, -0.2) is 4.98 Å². The number of hydrogen-bond donors (Lipinski definition) is 2. The standard InChI is InChI=1S/C21H22ClN3O2/c1-3-17(21-23-12-18(25-21)15-7-5-4-6-8-15)24-20(26)13-27-19-10-9-16(22)11-14(19)2/h4-12,17H,3,13H2,1-2H3,(H,23,25)(H,24,26). The van der Waals surface area contributed by atoms with Crippen molar-refractivity contribution in [2.45, 2.75) is 26.3 Å². The molecule has 1 heterocycles. The molecule has 1 aromatic heterocycles. The van der Waals surface area contributed by atoms with Crippen LogP contribution in [-0.2, 0) is 4.79 Å². The van der Waals surface area contributed by atoms with Crippen LogP contribution < -0.4 is 10.1 Å². The minimum absolute atomic E-state index is 0.0643. The Morgan fingerprint density at radius 3 is 2.74 bits per heavy atom. The van der Waals surface area contributed by atoms with Gasteiger partial charge in [0.05, 0.1) is 17.9 Å². The van der Waals surface area contributed by atoms with Gasteiger partial charge in [-0.15, -0.1) is 0 Å². The first kappa shape index (κ1) is 19.0. The van der Waals surface area contributed by atoms with E-state index in [9.17, 15) is 4.79 Å². The Morgan fingerprint density at radius 1 is 1.26 bits per heavy atom. The minimum atomic E-state index is -0.204. The summed E-state index contributed by atoms with van der Waals surface area (Å²) in [6.45, 7) is 3.83. The summed E-state index contributed by atoms with van der Waals surface area (Å²) in [5, 5.41) is 3.61. The van der Waals surface area contributed by atoms with Gasteiger partial charge in [-0.05, 0) is 42.7 Å². The molecule has 3 aromatic rings. The fraction of sp³-hybridized carbons (Fsp3) is 0.238. The maximum atomic E-state index is 12.3. The van der Waals surface area contributed by atoms with Gasteiger partial charge >= 0.3 is 0 Å². The van der Waals surface area contributed by atoms with E-state index in [1.165, 1.54) is 0 Å². The third-order valence-electron chi connectivity index (χ3n) is 4.25. The molecule has 27 heavy (non-hydrogen) atoms. The van der Waals surface area contributed by atoms with E-state index in [2.05, 4.69) is 15.3 Å². The van der Waals surface area contributed by atoms with Crippen LogP contribution >= 0.6 is 11.6 Å². The lowest BCUT2D eigenvalue weighted by atomic mass is 10.2. The first-order valence-corrected chi connectivity index (χ1v) is 9.23. The van der Waals surface area contributed by atoms with Gasteiger partial charge in [0.1, 0.15) is 11.6 Å². The molecule has 1 amide bonds. The van der Waals surface area contributed by atoms with Gasteiger partial charge in [-0.3, -0.25) is 4.79 Å². The van der Waals surface area contributed by atoms with Crippen molar-refractivity contribution >= 4 is 17.5 Å². The number of hydrogen-bond acceptors (Lipinski definition) is 3. The van der Waals surface area contributed by atoms with Crippen molar-refractivity contribution in [2.75, 3.05) is 6.61 Å². The van der Waals surface area contributed by atoms with E-state index in [1.807, 2.05) is 44.2 Å². The highest BCUT2D eigenvalue weighted by Gasteiger charge is 2.17. The molecular formula is C21H22ClN3O2. The zero-order valence-corrected chi connectivity index (χ0v) is 16.1. The predicted octanol–water partition coefficient (Wildman–Crippen LogP) is 4.68. The Labute approximate surface area is 163 Å². The van der Waals surface area contributed by atoms with Crippen LogP contribution in [0.1, 0.15) is 30.8 Å². The Balaban J connectivity index is 1.61. The van der Waals surface area contributed by atoms with Crippen LogP contribution in [0, 0.1) is 6.92 Å². The maximum absolute atomic E-state index is 12.3. The summed E-state index contributed by atoms with van der Waals surface area (Å²) < 4.78 is 5.61. The van der Waals surface area contributed by atoms with Gasteiger partial charge in [0.25, 0.3) is 5.91 Å². The summed E-state index contributed by atoms with van der Waals surface area (Å²) in [5.74, 6) is 1.17. The average Bonchev–Trinajstić information content (AvgIpc) is 3.16. The van der Waals surface area contributed by atoms with Crippen LogP contribution in [0.3, 0.4) is 0 Å². The minimum Gasteiger partial charge on any atom is -0.484 e. The number of imidazole rings is 1. The van der Waals surface area contributed by atoms with Crippen molar-refractivity contribution in [3.05, 3.63) is 71.1 Å². The molecule has 1 atom stereocenters. The van der Waals surface area contributed by atoms with Gasteiger partial charge in [-0.1, -0.05) is 48.9 Å². The molecule has 0 spiro atoms. The van der Waals surface area contributed by atoms with Crippen molar-refractivity contribution in [1.29, 1.82) is 0 Å². The molecule has 140 valence electrons. The van der Waals surface area contributed by atoms with E-state index in [-0.39, 0.29) is 18.6 Å². The zero-order chi connectivity index (χ0) is 19.2. The van der Waals surface area contributed by atoms with Crippen molar-refractivity contribution < 1.29 is 9.53 Å². The molecule has 0 aliphatic heterocycles. The molecule has 0 bridgehead atoms. The van der Waals surface area contributed by atoms with Crippen molar-refractivity contribution in [3.63, 3.8) is 0 Å². The zero-order valence-electron chi connectivity index (χ0n) is 15.3. The summed E-state index contributed by atoms with van der Waals surface area (Å²) in [6, 6.07) is 15.1. The Kier molecular flexibility index (Phi) is 6.14. The van der Waals surface area contributed by atoms with Gasteiger partial charge in [0.15, 0.2) is 6.61 Å². The van der Waals surface area contributed by atoms with Crippen LogP contribution in [0.25, 0.3) is 11.3 Å². The number of amides is 1. The fourth-order valence-electron chi connectivity index (χ4n) is 2.80. The maximum Gasteiger partial charge on any atom is 0.258 e. The van der Waals surface area contributed by atoms with Crippen LogP contribution in [0.4, 0.5) is 0 Å². The number of H-pyrrole nitrogens is 1. The van der Waals surface area contributed by atoms with E-state index in [1.54, 1.807) is 24.4 Å². The predicted molar refractivity (Wildman–Crippen MR) is 107 cm³/mol. The Morgan fingerprint density at radius 2 is 2.04 bits per heavy atom. The quantitative estimate of drug-likeness (QED) is 0.622.